The Hall–Kier alpha value is -1.85. The Kier molecular flexibility index (Phi) is 4.19. The molecule has 5 heteroatoms. The van der Waals surface area contributed by atoms with Gasteiger partial charge in [0.05, 0.1) is 0 Å². The van der Waals surface area contributed by atoms with Crippen molar-refractivity contribution in [1.29, 1.82) is 0 Å². The van der Waals surface area contributed by atoms with Crippen molar-refractivity contribution < 1.29 is 17.7 Å². The maximum atomic E-state index is 10.8. The average molecular weight is 278 g/mol. The van der Waals surface area contributed by atoms with Gasteiger partial charge in [-0.05, 0) is 23.3 Å². The van der Waals surface area contributed by atoms with Gasteiger partial charge in [-0.3, -0.25) is 4.55 Å². The second-order valence-corrected chi connectivity index (χ2v) is 5.60. The molecule has 4 nitrogen and oxygen atoms in total. The summed E-state index contributed by atoms with van der Waals surface area (Å²) in [5.74, 6) is 0.167. The summed E-state index contributed by atoms with van der Waals surface area (Å²) in [4.78, 5) is 0. The molecule has 0 aromatic heterocycles. The summed E-state index contributed by atoms with van der Waals surface area (Å²) in [5.41, 5.74) is 1.52. The van der Waals surface area contributed by atoms with Gasteiger partial charge < -0.3 is 4.74 Å². The van der Waals surface area contributed by atoms with Crippen molar-refractivity contribution in [2.24, 2.45) is 0 Å². The fraction of sp³-hybridized carbons (Fsp3) is 0.143. The highest BCUT2D eigenvalue weighted by molar-refractivity contribution is 7.85. The van der Waals surface area contributed by atoms with Crippen LogP contribution in [0.25, 0.3) is 0 Å². The minimum Gasteiger partial charge on any atom is -0.489 e. The second kappa shape index (κ2) is 5.86. The van der Waals surface area contributed by atoms with Crippen molar-refractivity contribution in [2.45, 2.75) is 12.4 Å². The zero-order valence-corrected chi connectivity index (χ0v) is 11.0. The van der Waals surface area contributed by atoms with E-state index in [1.807, 2.05) is 30.3 Å². The van der Waals surface area contributed by atoms with Crippen molar-refractivity contribution in [3.05, 3.63) is 65.7 Å². The minimum absolute atomic E-state index is 0.407. The molecule has 0 unspecified atom stereocenters. The van der Waals surface area contributed by atoms with E-state index in [4.69, 9.17) is 9.29 Å². The van der Waals surface area contributed by atoms with Crippen molar-refractivity contribution >= 4 is 10.1 Å². The molecule has 2 rings (SSSR count). The monoisotopic (exact) mass is 278 g/mol. The fourth-order valence-corrected chi connectivity index (χ4v) is 2.28. The number of ether oxygens (including phenoxy) is 1. The largest absolute Gasteiger partial charge is 0.489 e. The van der Waals surface area contributed by atoms with E-state index in [9.17, 15) is 8.42 Å². The quantitative estimate of drug-likeness (QED) is 0.854. The van der Waals surface area contributed by atoms with E-state index in [1.54, 1.807) is 24.3 Å². The van der Waals surface area contributed by atoms with E-state index >= 15 is 0 Å². The third-order valence-electron chi connectivity index (χ3n) is 2.50. The Morgan fingerprint density at radius 2 is 1.63 bits per heavy atom. The molecule has 0 aliphatic rings. The molecular formula is C14H14O4S. The summed E-state index contributed by atoms with van der Waals surface area (Å²) in [6.45, 7) is 0.413. The van der Waals surface area contributed by atoms with E-state index in [0.29, 0.717) is 17.9 Å². The fourth-order valence-electron chi connectivity index (χ4n) is 1.68. The molecule has 100 valence electrons. The summed E-state index contributed by atoms with van der Waals surface area (Å²) in [5, 5.41) is 0. The number of benzene rings is 2. The van der Waals surface area contributed by atoms with Crippen LogP contribution < -0.4 is 4.74 Å². The van der Waals surface area contributed by atoms with Gasteiger partial charge in [-0.15, -0.1) is 0 Å². The van der Waals surface area contributed by atoms with Crippen LogP contribution in [0.4, 0.5) is 0 Å². The summed E-state index contributed by atoms with van der Waals surface area (Å²) >= 11 is 0. The molecule has 0 fully saturated rings. The average Bonchev–Trinajstić information content (AvgIpc) is 2.36. The normalized spacial score (nSPS) is 11.2. The van der Waals surface area contributed by atoms with Crippen molar-refractivity contribution in [2.75, 3.05) is 0 Å². The van der Waals surface area contributed by atoms with E-state index in [2.05, 4.69) is 0 Å². The Bertz CT molecular complexity index is 636. The highest BCUT2D eigenvalue weighted by atomic mass is 32.2. The summed E-state index contributed by atoms with van der Waals surface area (Å²) < 4.78 is 36.0. The topological polar surface area (TPSA) is 63.6 Å². The van der Waals surface area contributed by atoms with Crippen LogP contribution in [-0.4, -0.2) is 13.0 Å². The standard InChI is InChI=1S/C14H14O4S/c15-19(16,17)11-13-7-4-8-14(9-13)18-10-12-5-2-1-3-6-12/h1-9H,10-11H2,(H,15,16,17). The van der Waals surface area contributed by atoms with Crippen LogP contribution in [-0.2, 0) is 22.5 Å². The maximum Gasteiger partial charge on any atom is 0.269 e. The molecule has 0 saturated carbocycles. The van der Waals surface area contributed by atoms with E-state index in [-0.39, 0.29) is 0 Å². The van der Waals surface area contributed by atoms with Gasteiger partial charge in [-0.1, -0.05) is 42.5 Å². The van der Waals surface area contributed by atoms with Crippen LogP contribution in [0.3, 0.4) is 0 Å². The molecule has 0 heterocycles. The second-order valence-electron chi connectivity index (χ2n) is 4.15. The van der Waals surface area contributed by atoms with E-state index in [1.165, 1.54) is 0 Å². The first kappa shape index (κ1) is 13.6. The molecule has 0 amide bonds. The lowest BCUT2D eigenvalue weighted by molar-refractivity contribution is 0.306. The molecule has 0 bridgehead atoms. The van der Waals surface area contributed by atoms with Crippen molar-refractivity contribution in [3.63, 3.8) is 0 Å². The molecule has 2 aromatic rings. The maximum absolute atomic E-state index is 10.8. The molecule has 0 aliphatic heterocycles. The van der Waals surface area contributed by atoms with Crippen LogP contribution >= 0.6 is 0 Å². The smallest absolute Gasteiger partial charge is 0.269 e. The zero-order valence-electron chi connectivity index (χ0n) is 10.2. The highest BCUT2D eigenvalue weighted by Gasteiger charge is 2.07. The van der Waals surface area contributed by atoms with E-state index in [0.717, 1.165) is 5.56 Å². The van der Waals surface area contributed by atoms with Crippen molar-refractivity contribution in [1.82, 2.24) is 0 Å². The number of hydrogen-bond donors (Lipinski definition) is 1. The van der Waals surface area contributed by atoms with Gasteiger partial charge in [0.2, 0.25) is 0 Å². The lowest BCUT2D eigenvalue weighted by Gasteiger charge is -2.07. The summed E-state index contributed by atoms with van der Waals surface area (Å²) in [6, 6.07) is 16.3. The summed E-state index contributed by atoms with van der Waals surface area (Å²) in [6.07, 6.45) is 0. The molecule has 0 spiro atoms. The first-order valence-corrected chi connectivity index (χ1v) is 7.35. The molecule has 0 atom stereocenters. The van der Waals surface area contributed by atoms with Gasteiger partial charge >= 0.3 is 0 Å². The van der Waals surface area contributed by atoms with Crippen LogP contribution in [0.2, 0.25) is 0 Å². The molecule has 1 N–H and O–H groups in total. The SMILES string of the molecule is O=S(=O)(O)Cc1cccc(OCc2ccccc2)c1. The van der Waals surface area contributed by atoms with Gasteiger partial charge in [-0.2, -0.15) is 8.42 Å². The van der Waals surface area contributed by atoms with E-state index < -0.39 is 15.9 Å². The zero-order chi connectivity index (χ0) is 13.7. The van der Waals surface area contributed by atoms with Gasteiger partial charge in [-0.25, -0.2) is 0 Å². The highest BCUT2D eigenvalue weighted by Crippen LogP contribution is 2.16. The molecule has 0 aliphatic carbocycles. The Balaban J connectivity index is 2.03. The predicted molar refractivity (Wildman–Crippen MR) is 72.5 cm³/mol. The summed E-state index contributed by atoms with van der Waals surface area (Å²) in [7, 11) is -4.02. The predicted octanol–water partition coefficient (Wildman–Crippen LogP) is 2.65. The minimum atomic E-state index is -4.02. The molecule has 19 heavy (non-hydrogen) atoms. The molecule has 0 saturated heterocycles. The first-order chi connectivity index (χ1) is 9.03. The van der Waals surface area contributed by atoms with Crippen LogP contribution in [0.15, 0.2) is 54.6 Å². The lowest BCUT2D eigenvalue weighted by atomic mass is 10.2. The third-order valence-corrected chi connectivity index (χ3v) is 3.19. The molecule has 0 radical (unpaired) electrons. The van der Waals surface area contributed by atoms with Crippen LogP contribution in [0.1, 0.15) is 11.1 Å². The Labute approximate surface area is 112 Å². The number of rotatable bonds is 5. The van der Waals surface area contributed by atoms with Crippen LogP contribution in [0.5, 0.6) is 5.75 Å². The van der Waals surface area contributed by atoms with Gasteiger partial charge in [0, 0.05) is 0 Å². The Morgan fingerprint density at radius 1 is 0.947 bits per heavy atom. The van der Waals surface area contributed by atoms with Gasteiger partial charge in [0.1, 0.15) is 18.1 Å². The molecule has 2 aromatic carbocycles. The lowest BCUT2D eigenvalue weighted by Crippen LogP contribution is -2.02. The van der Waals surface area contributed by atoms with Gasteiger partial charge in [0.25, 0.3) is 10.1 Å². The number of hydrogen-bond acceptors (Lipinski definition) is 3. The first-order valence-electron chi connectivity index (χ1n) is 5.74. The third kappa shape index (κ3) is 4.73. The Morgan fingerprint density at radius 3 is 2.32 bits per heavy atom. The van der Waals surface area contributed by atoms with Crippen LogP contribution in [0, 0.1) is 0 Å². The van der Waals surface area contributed by atoms with Gasteiger partial charge in [0.15, 0.2) is 0 Å². The molecular weight excluding hydrogens is 264 g/mol. The van der Waals surface area contributed by atoms with Crippen molar-refractivity contribution in [3.8, 4) is 5.75 Å².